The highest BCUT2D eigenvalue weighted by molar-refractivity contribution is 5.91. The van der Waals surface area contributed by atoms with Crippen molar-refractivity contribution >= 4 is 10.9 Å². The standard InChI is InChI=1S/C13H13N3O2/c1-8-10(6-14)9-4-12-13(18-7-17-12)5-11(9)16(8)15(2)3/h4-5H,7H2,1-3H3. The van der Waals surface area contributed by atoms with Gasteiger partial charge in [-0.15, -0.1) is 0 Å². The van der Waals surface area contributed by atoms with E-state index in [1.807, 2.05) is 42.8 Å². The molecule has 2 heterocycles. The maximum absolute atomic E-state index is 9.31. The van der Waals surface area contributed by atoms with Crippen molar-refractivity contribution in [3.63, 3.8) is 0 Å². The fourth-order valence-corrected chi connectivity index (χ4v) is 2.44. The van der Waals surface area contributed by atoms with Gasteiger partial charge in [0, 0.05) is 25.5 Å². The van der Waals surface area contributed by atoms with Gasteiger partial charge in [0.25, 0.3) is 0 Å². The minimum Gasteiger partial charge on any atom is -0.454 e. The molecule has 0 aliphatic carbocycles. The summed E-state index contributed by atoms with van der Waals surface area (Å²) in [6.45, 7) is 2.18. The molecular formula is C13H13N3O2. The normalized spacial score (nSPS) is 12.8. The average molecular weight is 243 g/mol. The van der Waals surface area contributed by atoms with Crippen molar-refractivity contribution in [1.82, 2.24) is 4.68 Å². The molecule has 0 fully saturated rings. The number of ether oxygens (including phenoxy) is 2. The highest BCUT2D eigenvalue weighted by Crippen LogP contribution is 2.38. The van der Waals surface area contributed by atoms with Gasteiger partial charge in [0.2, 0.25) is 6.79 Å². The Morgan fingerprint density at radius 2 is 1.94 bits per heavy atom. The quantitative estimate of drug-likeness (QED) is 0.765. The Labute approximate surface area is 105 Å². The highest BCUT2D eigenvalue weighted by atomic mass is 16.7. The zero-order chi connectivity index (χ0) is 12.9. The lowest BCUT2D eigenvalue weighted by Crippen LogP contribution is -2.25. The van der Waals surface area contributed by atoms with Crippen LogP contribution in [0.15, 0.2) is 12.1 Å². The Balaban J connectivity index is 2.42. The minimum atomic E-state index is 0.241. The second kappa shape index (κ2) is 3.57. The number of nitriles is 1. The highest BCUT2D eigenvalue weighted by Gasteiger charge is 2.21. The number of rotatable bonds is 1. The topological polar surface area (TPSA) is 50.4 Å². The van der Waals surface area contributed by atoms with Crippen molar-refractivity contribution in [2.75, 3.05) is 25.9 Å². The van der Waals surface area contributed by atoms with Gasteiger partial charge in [-0.2, -0.15) is 5.26 Å². The van der Waals surface area contributed by atoms with Gasteiger partial charge in [0.05, 0.1) is 16.8 Å². The summed E-state index contributed by atoms with van der Waals surface area (Å²) in [6.07, 6.45) is 0. The van der Waals surface area contributed by atoms with Crippen LogP contribution < -0.4 is 14.5 Å². The molecule has 0 atom stereocenters. The molecule has 0 spiro atoms. The fourth-order valence-electron chi connectivity index (χ4n) is 2.44. The molecule has 2 aromatic rings. The molecule has 0 amide bonds. The maximum Gasteiger partial charge on any atom is 0.231 e. The SMILES string of the molecule is Cc1c(C#N)c2cc3c(cc2n1N(C)C)OCO3. The molecule has 0 unspecified atom stereocenters. The van der Waals surface area contributed by atoms with Crippen LogP contribution >= 0.6 is 0 Å². The zero-order valence-corrected chi connectivity index (χ0v) is 10.5. The van der Waals surface area contributed by atoms with Gasteiger partial charge < -0.3 is 14.5 Å². The molecule has 0 saturated heterocycles. The van der Waals surface area contributed by atoms with Crippen LogP contribution in [0.2, 0.25) is 0 Å². The molecule has 1 aromatic carbocycles. The molecule has 1 aromatic heterocycles. The first-order chi connectivity index (χ1) is 8.63. The fraction of sp³-hybridized carbons (Fsp3) is 0.308. The summed E-state index contributed by atoms with van der Waals surface area (Å²) in [5.74, 6) is 1.43. The van der Waals surface area contributed by atoms with E-state index in [0.29, 0.717) is 11.3 Å². The summed E-state index contributed by atoms with van der Waals surface area (Å²) < 4.78 is 12.7. The lowest BCUT2D eigenvalue weighted by molar-refractivity contribution is 0.174. The Hall–Kier alpha value is -2.35. The Morgan fingerprint density at radius 3 is 2.56 bits per heavy atom. The van der Waals surface area contributed by atoms with E-state index >= 15 is 0 Å². The molecule has 92 valence electrons. The second-order valence-corrected chi connectivity index (χ2v) is 4.45. The average Bonchev–Trinajstić information content (AvgIpc) is 2.86. The third kappa shape index (κ3) is 1.26. The molecule has 0 radical (unpaired) electrons. The molecular weight excluding hydrogens is 230 g/mol. The molecule has 5 nitrogen and oxygen atoms in total. The lowest BCUT2D eigenvalue weighted by atomic mass is 10.1. The van der Waals surface area contributed by atoms with E-state index in [1.54, 1.807) is 0 Å². The minimum absolute atomic E-state index is 0.241. The summed E-state index contributed by atoms with van der Waals surface area (Å²) >= 11 is 0. The molecule has 3 rings (SSSR count). The van der Waals surface area contributed by atoms with Crippen molar-refractivity contribution in [1.29, 1.82) is 5.26 Å². The molecule has 18 heavy (non-hydrogen) atoms. The molecule has 0 bridgehead atoms. The first-order valence-corrected chi connectivity index (χ1v) is 5.66. The molecule has 0 N–H and O–H groups in total. The van der Waals surface area contributed by atoms with Crippen LogP contribution in [0.25, 0.3) is 10.9 Å². The molecule has 5 heteroatoms. The van der Waals surface area contributed by atoms with Crippen LogP contribution in [0.3, 0.4) is 0 Å². The van der Waals surface area contributed by atoms with Gasteiger partial charge in [0.1, 0.15) is 6.07 Å². The summed E-state index contributed by atoms with van der Waals surface area (Å²) in [6, 6.07) is 6.06. The monoisotopic (exact) mass is 243 g/mol. The predicted molar refractivity (Wildman–Crippen MR) is 67.6 cm³/mol. The van der Waals surface area contributed by atoms with E-state index in [9.17, 15) is 5.26 Å². The Kier molecular flexibility index (Phi) is 2.14. The predicted octanol–water partition coefficient (Wildman–Crippen LogP) is 1.75. The maximum atomic E-state index is 9.31. The number of nitrogens with zero attached hydrogens (tertiary/aromatic N) is 3. The van der Waals surface area contributed by atoms with Gasteiger partial charge in [-0.05, 0) is 13.0 Å². The van der Waals surface area contributed by atoms with Crippen LogP contribution in [-0.4, -0.2) is 25.6 Å². The smallest absolute Gasteiger partial charge is 0.231 e. The van der Waals surface area contributed by atoms with E-state index in [4.69, 9.17) is 9.47 Å². The van der Waals surface area contributed by atoms with E-state index in [2.05, 4.69) is 6.07 Å². The van der Waals surface area contributed by atoms with E-state index in [-0.39, 0.29) is 6.79 Å². The Morgan fingerprint density at radius 1 is 1.28 bits per heavy atom. The number of hydrogen-bond donors (Lipinski definition) is 0. The summed E-state index contributed by atoms with van der Waals surface area (Å²) in [5, 5.41) is 12.1. The third-order valence-electron chi connectivity index (χ3n) is 3.18. The summed E-state index contributed by atoms with van der Waals surface area (Å²) in [5.41, 5.74) is 2.55. The van der Waals surface area contributed by atoms with Gasteiger partial charge in [-0.1, -0.05) is 0 Å². The second-order valence-electron chi connectivity index (χ2n) is 4.45. The summed E-state index contributed by atoms with van der Waals surface area (Å²) in [7, 11) is 3.89. The molecule has 0 saturated carbocycles. The van der Waals surface area contributed by atoms with Crippen molar-refractivity contribution in [2.24, 2.45) is 0 Å². The number of benzene rings is 1. The number of fused-ring (bicyclic) bond motifs is 2. The van der Waals surface area contributed by atoms with E-state index < -0.39 is 0 Å². The van der Waals surface area contributed by atoms with Gasteiger partial charge in [0.15, 0.2) is 11.5 Å². The summed E-state index contributed by atoms with van der Waals surface area (Å²) in [4.78, 5) is 0. The number of aromatic nitrogens is 1. The van der Waals surface area contributed by atoms with Gasteiger partial charge in [-0.3, -0.25) is 4.68 Å². The zero-order valence-electron chi connectivity index (χ0n) is 10.5. The molecule has 1 aliphatic rings. The van der Waals surface area contributed by atoms with Crippen molar-refractivity contribution in [2.45, 2.75) is 6.92 Å². The third-order valence-corrected chi connectivity index (χ3v) is 3.18. The van der Waals surface area contributed by atoms with Crippen LogP contribution in [0, 0.1) is 18.3 Å². The van der Waals surface area contributed by atoms with Crippen molar-refractivity contribution in [3.8, 4) is 17.6 Å². The largest absolute Gasteiger partial charge is 0.454 e. The first kappa shape index (κ1) is 10.8. The lowest BCUT2D eigenvalue weighted by Gasteiger charge is -2.18. The molecule has 1 aliphatic heterocycles. The van der Waals surface area contributed by atoms with Crippen LogP contribution in [0.4, 0.5) is 0 Å². The van der Waals surface area contributed by atoms with Crippen molar-refractivity contribution in [3.05, 3.63) is 23.4 Å². The van der Waals surface area contributed by atoms with Crippen LogP contribution in [0.5, 0.6) is 11.5 Å². The number of hydrogen-bond acceptors (Lipinski definition) is 4. The van der Waals surface area contributed by atoms with Gasteiger partial charge >= 0.3 is 0 Å². The van der Waals surface area contributed by atoms with E-state index in [0.717, 1.165) is 22.3 Å². The van der Waals surface area contributed by atoms with Gasteiger partial charge in [-0.25, -0.2) is 0 Å². The van der Waals surface area contributed by atoms with Crippen LogP contribution in [0.1, 0.15) is 11.3 Å². The Bertz CT molecular complexity index is 680. The van der Waals surface area contributed by atoms with Crippen LogP contribution in [-0.2, 0) is 0 Å². The van der Waals surface area contributed by atoms with E-state index in [1.165, 1.54) is 0 Å². The first-order valence-electron chi connectivity index (χ1n) is 5.66. The van der Waals surface area contributed by atoms with Crippen molar-refractivity contribution < 1.29 is 9.47 Å².